The molecule has 0 aliphatic rings. The molecule has 0 fully saturated rings. The van der Waals surface area contributed by atoms with Crippen molar-refractivity contribution >= 4 is 29.3 Å². The molecule has 0 spiro atoms. The van der Waals surface area contributed by atoms with Gasteiger partial charge in [0.25, 0.3) is 5.91 Å². The van der Waals surface area contributed by atoms with Crippen LogP contribution >= 0.6 is 12.2 Å². The lowest BCUT2D eigenvalue weighted by atomic mass is 10.1. The van der Waals surface area contributed by atoms with Crippen LogP contribution in [0.15, 0.2) is 29.3 Å². The molecule has 76 valence electrons. The SMILES string of the molecule is COC(=O)c1ccccc1C(=O)N=C=S. The van der Waals surface area contributed by atoms with Crippen molar-refractivity contribution in [3.8, 4) is 0 Å². The lowest BCUT2D eigenvalue weighted by molar-refractivity contribution is 0.0597. The summed E-state index contributed by atoms with van der Waals surface area (Å²) < 4.78 is 4.53. The number of amides is 1. The van der Waals surface area contributed by atoms with Gasteiger partial charge in [-0.15, -0.1) is 0 Å². The van der Waals surface area contributed by atoms with Crippen molar-refractivity contribution in [3.63, 3.8) is 0 Å². The Morgan fingerprint density at radius 2 is 1.93 bits per heavy atom. The lowest BCUT2D eigenvalue weighted by Gasteiger charge is -2.02. The van der Waals surface area contributed by atoms with E-state index >= 15 is 0 Å². The molecule has 0 saturated heterocycles. The van der Waals surface area contributed by atoms with E-state index in [1.807, 2.05) is 5.16 Å². The van der Waals surface area contributed by atoms with Gasteiger partial charge in [0, 0.05) is 0 Å². The van der Waals surface area contributed by atoms with Gasteiger partial charge in [-0.3, -0.25) is 4.79 Å². The van der Waals surface area contributed by atoms with E-state index in [1.165, 1.54) is 19.2 Å². The zero-order valence-electron chi connectivity index (χ0n) is 7.89. The standard InChI is InChI=1S/C10H7NO3S/c1-14-10(13)8-5-3-2-4-7(8)9(12)11-6-15/h2-5H,1H3. The number of ether oxygens (including phenoxy) is 1. The lowest BCUT2D eigenvalue weighted by Crippen LogP contribution is -2.08. The second-order valence-corrected chi connectivity index (χ2v) is 2.73. The topological polar surface area (TPSA) is 55.7 Å². The van der Waals surface area contributed by atoms with Crippen molar-refractivity contribution in [2.45, 2.75) is 0 Å². The first-order chi connectivity index (χ1) is 7.20. The predicted octanol–water partition coefficient (Wildman–Crippen LogP) is 1.72. The molecule has 0 radical (unpaired) electrons. The van der Waals surface area contributed by atoms with Crippen LogP contribution in [0, 0.1) is 0 Å². The Labute approximate surface area is 91.6 Å². The highest BCUT2D eigenvalue weighted by atomic mass is 32.1. The molecule has 1 rings (SSSR count). The Hall–Kier alpha value is -1.84. The average Bonchev–Trinajstić information content (AvgIpc) is 2.28. The molecule has 0 aliphatic carbocycles. The summed E-state index contributed by atoms with van der Waals surface area (Å²) in [5.74, 6) is -1.19. The van der Waals surface area contributed by atoms with Gasteiger partial charge in [0.1, 0.15) is 0 Å². The van der Waals surface area contributed by atoms with Crippen LogP contribution < -0.4 is 0 Å². The molecular weight excluding hydrogens is 214 g/mol. The number of nitrogens with zero attached hydrogens (tertiary/aromatic N) is 1. The number of aliphatic imine (C=N–C) groups is 1. The van der Waals surface area contributed by atoms with Crippen LogP contribution in [0.4, 0.5) is 0 Å². The number of carbonyl (C=O) groups is 2. The van der Waals surface area contributed by atoms with Crippen LogP contribution in [0.1, 0.15) is 20.7 Å². The van der Waals surface area contributed by atoms with Crippen molar-refractivity contribution in [3.05, 3.63) is 35.4 Å². The minimum Gasteiger partial charge on any atom is -0.465 e. The van der Waals surface area contributed by atoms with E-state index < -0.39 is 11.9 Å². The van der Waals surface area contributed by atoms with E-state index in [2.05, 4.69) is 21.9 Å². The van der Waals surface area contributed by atoms with Gasteiger partial charge in [0.05, 0.1) is 23.4 Å². The molecule has 0 unspecified atom stereocenters. The molecule has 1 amide bonds. The van der Waals surface area contributed by atoms with Crippen LogP contribution in [0.2, 0.25) is 0 Å². The summed E-state index contributed by atoms with van der Waals surface area (Å²) in [6, 6.07) is 6.21. The molecule has 0 saturated carbocycles. The number of rotatable bonds is 2. The third-order valence-electron chi connectivity index (χ3n) is 1.71. The van der Waals surface area contributed by atoms with Crippen LogP contribution in [-0.4, -0.2) is 24.1 Å². The van der Waals surface area contributed by atoms with E-state index in [-0.39, 0.29) is 11.1 Å². The molecule has 15 heavy (non-hydrogen) atoms. The number of esters is 1. The smallest absolute Gasteiger partial charge is 0.338 e. The predicted molar refractivity (Wildman–Crippen MR) is 57.1 cm³/mol. The highest BCUT2D eigenvalue weighted by molar-refractivity contribution is 7.78. The summed E-state index contributed by atoms with van der Waals surface area (Å²) in [4.78, 5) is 26.0. The van der Waals surface area contributed by atoms with Crippen LogP contribution in [0.5, 0.6) is 0 Å². The van der Waals surface area contributed by atoms with Crippen LogP contribution in [0.3, 0.4) is 0 Å². The largest absolute Gasteiger partial charge is 0.465 e. The molecule has 0 bridgehead atoms. The third kappa shape index (κ3) is 2.56. The van der Waals surface area contributed by atoms with Gasteiger partial charge in [0.15, 0.2) is 0 Å². The fourth-order valence-electron chi connectivity index (χ4n) is 1.06. The Morgan fingerprint density at radius 1 is 1.33 bits per heavy atom. The molecule has 0 atom stereocenters. The van der Waals surface area contributed by atoms with E-state index in [4.69, 9.17) is 0 Å². The Balaban J connectivity index is 3.23. The maximum absolute atomic E-state index is 11.4. The van der Waals surface area contributed by atoms with Crippen molar-refractivity contribution in [1.82, 2.24) is 0 Å². The van der Waals surface area contributed by atoms with Gasteiger partial charge in [0.2, 0.25) is 0 Å². The zero-order valence-corrected chi connectivity index (χ0v) is 8.71. The zero-order chi connectivity index (χ0) is 11.3. The highest BCUT2D eigenvalue weighted by Gasteiger charge is 2.15. The summed E-state index contributed by atoms with van der Waals surface area (Å²) in [6.45, 7) is 0. The number of carbonyl (C=O) groups excluding carboxylic acids is 2. The maximum Gasteiger partial charge on any atom is 0.338 e. The molecule has 0 aliphatic heterocycles. The molecule has 0 heterocycles. The number of hydrogen-bond acceptors (Lipinski definition) is 4. The normalized spacial score (nSPS) is 8.87. The van der Waals surface area contributed by atoms with Gasteiger partial charge < -0.3 is 4.74 Å². The van der Waals surface area contributed by atoms with E-state index in [0.717, 1.165) is 0 Å². The summed E-state index contributed by atoms with van der Waals surface area (Å²) in [5.41, 5.74) is 0.320. The molecule has 1 aromatic rings. The molecule has 0 N–H and O–H groups in total. The maximum atomic E-state index is 11.4. The fourth-order valence-corrected chi connectivity index (χ4v) is 1.14. The van der Waals surface area contributed by atoms with Crippen LogP contribution in [0.25, 0.3) is 0 Å². The van der Waals surface area contributed by atoms with Crippen molar-refractivity contribution < 1.29 is 14.3 Å². The van der Waals surface area contributed by atoms with Crippen molar-refractivity contribution in [2.24, 2.45) is 4.99 Å². The third-order valence-corrected chi connectivity index (χ3v) is 1.80. The van der Waals surface area contributed by atoms with Gasteiger partial charge >= 0.3 is 5.97 Å². The minimum atomic E-state index is -0.606. The first kappa shape index (κ1) is 11.2. The molecule has 4 nitrogen and oxygen atoms in total. The monoisotopic (exact) mass is 221 g/mol. The van der Waals surface area contributed by atoms with E-state index in [0.29, 0.717) is 0 Å². The quantitative estimate of drug-likeness (QED) is 0.433. The Kier molecular flexibility index (Phi) is 3.85. The second kappa shape index (κ2) is 5.14. The summed E-state index contributed by atoms with van der Waals surface area (Å²) >= 11 is 4.31. The summed E-state index contributed by atoms with van der Waals surface area (Å²) in [6.07, 6.45) is 0. The van der Waals surface area contributed by atoms with Gasteiger partial charge in [-0.25, -0.2) is 4.79 Å². The number of benzene rings is 1. The summed E-state index contributed by atoms with van der Waals surface area (Å²) in [5, 5.41) is 1.96. The molecule has 1 aromatic carbocycles. The summed E-state index contributed by atoms with van der Waals surface area (Å²) in [7, 11) is 1.24. The van der Waals surface area contributed by atoms with Crippen molar-refractivity contribution in [2.75, 3.05) is 7.11 Å². The van der Waals surface area contributed by atoms with Gasteiger partial charge in [-0.1, -0.05) is 12.1 Å². The molecular formula is C10H7NO3S. The fraction of sp³-hybridized carbons (Fsp3) is 0.100. The van der Waals surface area contributed by atoms with Crippen LogP contribution in [-0.2, 0) is 4.74 Å². The van der Waals surface area contributed by atoms with E-state index in [9.17, 15) is 9.59 Å². The first-order valence-corrected chi connectivity index (χ1v) is 4.41. The first-order valence-electron chi connectivity index (χ1n) is 4.00. The van der Waals surface area contributed by atoms with Crippen molar-refractivity contribution in [1.29, 1.82) is 0 Å². The van der Waals surface area contributed by atoms with Gasteiger partial charge in [-0.2, -0.15) is 4.99 Å². The van der Waals surface area contributed by atoms with Gasteiger partial charge in [-0.05, 0) is 24.4 Å². The second-order valence-electron chi connectivity index (χ2n) is 2.55. The Morgan fingerprint density at radius 3 is 2.47 bits per heavy atom. The number of isothiocyanates is 1. The number of methoxy groups -OCH3 is 1. The molecule has 5 heteroatoms. The average molecular weight is 221 g/mol. The van der Waals surface area contributed by atoms with E-state index in [1.54, 1.807) is 12.1 Å². The minimum absolute atomic E-state index is 0.154. The number of thiocarbonyl (C=S) groups is 1. The molecule has 0 aromatic heterocycles. The highest BCUT2D eigenvalue weighted by Crippen LogP contribution is 2.11. The number of hydrogen-bond donors (Lipinski definition) is 0. The Bertz CT molecular complexity index is 450.